The maximum atomic E-state index is 12.6. The van der Waals surface area contributed by atoms with E-state index in [0.717, 1.165) is 18.4 Å². The second-order valence-corrected chi connectivity index (χ2v) is 5.79. The minimum Gasteiger partial charge on any atom is -0.341 e. The largest absolute Gasteiger partial charge is 0.341 e. The standard InChI is InChI=1S/C15H16N8O/c1-9(14-19-21-22-23(14)11-7-8-11)16-15(24)13-12(17-20-18-13)10-5-3-2-4-6-10/h2-6,9,11H,7-8H2,1H3,(H,16,24)(H,17,18,20). The molecule has 2 aromatic heterocycles. The van der Waals surface area contributed by atoms with E-state index in [1.54, 1.807) is 4.68 Å². The number of aromatic amines is 1. The molecule has 1 aliphatic rings. The number of tetrazole rings is 1. The Morgan fingerprint density at radius 2 is 2.08 bits per heavy atom. The number of aromatic nitrogens is 7. The van der Waals surface area contributed by atoms with Gasteiger partial charge in [0.2, 0.25) is 0 Å². The SMILES string of the molecule is CC(NC(=O)c1n[nH]nc1-c1ccccc1)c1nnnn1C1CC1. The minimum absolute atomic E-state index is 0.249. The summed E-state index contributed by atoms with van der Waals surface area (Å²) in [6.45, 7) is 1.85. The highest BCUT2D eigenvalue weighted by molar-refractivity contribution is 5.98. The first-order valence-electron chi connectivity index (χ1n) is 7.79. The Balaban J connectivity index is 1.55. The highest BCUT2D eigenvalue weighted by atomic mass is 16.2. The van der Waals surface area contributed by atoms with Crippen LogP contribution in [0.3, 0.4) is 0 Å². The summed E-state index contributed by atoms with van der Waals surface area (Å²) in [5.41, 5.74) is 1.59. The number of carbonyl (C=O) groups excluding carboxylic acids is 1. The Morgan fingerprint density at radius 1 is 1.29 bits per heavy atom. The van der Waals surface area contributed by atoms with Crippen LogP contribution in [0.4, 0.5) is 0 Å². The lowest BCUT2D eigenvalue weighted by Crippen LogP contribution is -2.29. The number of nitrogens with zero attached hydrogens (tertiary/aromatic N) is 6. The number of H-pyrrole nitrogens is 1. The summed E-state index contributed by atoms with van der Waals surface area (Å²) >= 11 is 0. The van der Waals surface area contributed by atoms with Crippen LogP contribution in [0.25, 0.3) is 11.3 Å². The molecule has 1 aromatic carbocycles. The molecule has 1 unspecified atom stereocenters. The molecule has 4 rings (SSSR count). The first kappa shape index (κ1) is 14.5. The van der Waals surface area contributed by atoms with Crippen molar-refractivity contribution in [2.75, 3.05) is 0 Å². The van der Waals surface area contributed by atoms with E-state index in [1.807, 2.05) is 37.3 Å². The molecule has 9 heteroatoms. The summed E-state index contributed by atoms with van der Waals surface area (Å²) in [4.78, 5) is 12.6. The molecule has 0 bridgehead atoms. The maximum Gasteiger partial charge on any atom is 0.274 e. The molecular weight excluding hydrogens is 308 g/mol. The quantitative estimate of drug-likeness (QED) is 0.731. The van der Waals surface area contributed by atoms with Crippen molar-refractivity contribution >= 4 is 5.91 Å². The number of carbonyl (C=O) groups is 1. The van der Waals surface area contributed by atoms with Gasteiger partial charge in [0, 0.05) is 5.56 Å². The summed E-state index contributed by atoms with van der Waals surface area (Å²) in [6, 6.07) is 9.46. The fourth-order valence-electron chi connectivity index (χ4n) is 2.58. The highest BCUT2D eigenvalue weighted by Gasteiger charge is 2.30. The van der Waals surface area contributed by atoms with Crippen molar-refractivity contribution in [1.82, 2.24) is 40.9 Å². The Bertz CT molecular complexity index is 851. The van der Waals surface area contributed by atoms with E-state index in [1.165, 1.54) is 0 Å². The molecule has 1 aliphatic carbocycles. The van der Waals surface area contributed by atoms with Crippen molar-refractivity contribution in [2.45, 2.75) is 31.8 Å². The van der Waals surface area contributed by atoms with Gasteiger partial charge in [-0.15, -0.1) is 5.10 Å². The number of amides is 1. The zero-order chi connectivity index (χ0) is 16.5. The van der Waals surface area contributed by atoms with Gasteiger partial charge in [-0.25, -0.2) is 4.68 Å². The van der Waals surface area contributed by atoms with E-state index in [4.69, 9.17) is 0 Å². The van der Waals surface area contributed by atoms with Crippen molar-refractivity contribution in [3.63, 3.8) is 0 Å². The summed E-state index contributed by atoms with van der Waals surface area (Å²) in [5, 5.41) is 25.3. The molecule has 1 saturated carbocycles. The molecule has 3 aromatic rings. The molecule has 1 amide bonds. The van der Waals surface area contributed by atoms with Gasteiger partial charge in [-0.05, 0) is 30.2 Å². The van der Waals surface area contributed by atoms with Crippen LogP contribution in [0.2, 0.25) is 0 Å². The minimum atomic E-state index is -0.326. The third kappa shape index (κ3) is 2.64. The van der Waals surface area contributed by atoms with Crippen LogP contribution in [-0.2, 0) is 0 Å². The van der Waals surface area contributed by atoms with Gasteiger partial charge in [-0.3, -0.25) is 4.79 Å². The van der Waals surface area contributed by atoms with Gasteiger partial charge in [-0.1, -0.05) is 30.3 Å². The van der Waals surface area contributed by atoms with Crippen molar-refractivity contribution < 1.29 is 4.79 Å². The number of hydrogen-bond acceptors (Lipinski definition) is 6. The number of hydrogen-bond donors (Lipinski definition) is 2. The second kappa shape index (κ2) is 5.84. The summed E-state index contributed by atoms with van der Waals surface area (Å²) < 4.78 is 1.78. The molecule has 1 atom stereocenters. The van der Waals surface area contributed by atoms with Gasteiger partial charge >= 0.3 is 0 Å². The summed E-state index contributed by atoms with van der Waals surface area (Å²) in [5.74, 6) is 0.330. The van der Waals surface area contributed by atoms with Crippen molar-refractivity contribution in [1.29, 1.82) is 0 Å². The first-order chi connectivity index (χ1) is 11.7. The lowest BCUT2D eigenvalue weighted by Gasteiger charge is -2.12. The van der Waals surface area contributed by atoms with Crippen LogP contribution in [0, 0.1) is 0 Å². The van der Waals surface area contributed by atoms with Crippen LogP contribution >= 0.6 is 0 Å². The molecule has 0 spiro atoms. The third-order valence-corrected chi connectivity index (χ3v) is 3.96. The summed E-state index contributed by atoms with van der Waals surface area (Å²) in [7, 11) is 0. The summed E-state index contributed by atoms with van der Waals surface area (Å²) in [6.07, 6.45) is 2.14. The Labute approximate surface area is 137 Å². The van der Waals surface area contributed by atoms with E-state index in [9.17, 15) is 4.79 Å². The Kier molecular flexibility index (Phi) is 3.52. The fraction of sp³-hybridized carbons (Fsp3) is 0.333. The first-order valence-corrected chi connectivity index (χ1v) is 7.79. The highest BCUT2D eigenvalue weighted by Crippen LogP contribution is 2.35. The van der Waals surface area contributed by atoms with E-state index in [-0.39, 0.29) is 17.6 Å². The van der Waals surface area contributed by atoms with E-state index < -0.39 is 0 Å². The molecular formula is C15H16N8O. The topological polar surface area (TPSA) is 114 Å². The van der Waals surface area contributed by atoms with E-state index in [0.29, 0.717) is 17.6 Å². The predicted molar refractivity (Wildman–Crippen MR) is 83.8 cm³/mol. The monoisotopic (exact) mass is 324 g/mol. The van der Waals surface area contributed by atoms with Crippen LogP contribution in [0.5, 0.6) is 0 Å². The molecule has 0 saturated heterocycles. The molecule has 9 nitrogen and oxygen atoms in total. The zero-order valence-electron chi connectivity index (χ0n) is 13.0. The van der Waals surface area contributed by atoms with Gasteiger partial charge in [0.25, 0.3) is 5.91 Å². The molecule has 122 valence electrons. The van der Waals surface area contributed by atoms with Crippen molar-refractivity contribution in [3.8, 4) is 11.3 Å². The maximum absolute atomic E-state index is 12.6. The number of rotatable bonds is 5. The molecule has 2 N–H and O–H groups in total. The van der Waals surface area contributed by atoms with Crippen molar-refractivity contribution in [2.24, 2.45) is 0 Å². The average Bonchev–Trinajstić information content (AvgIpc) is 3.14. The Hall–Kier alpha value is -3.10. The molecule has 2 heterocycles. The second-order valence-electron chi connectivity index (χ2n) is 5.79. The predicted octanol–water partition coefficient (Wildman–Crippen LogP) is 1.28. The molecule has 24 heavy (non-hydrogen) atoms. The van der Waals surface area contributed by atoms with Gasteiger partial charge in [0.05, 0.1) is 12.1 Å². The van der Waals surface area contributed by atoms with Gasteiger partial charge in [-0.2, -0.15) is 15.4 Å². The van der Waals surface area contributed by atoms with Gasteiger partial charge in [0.1, 0.15) is 5.69 Å². The fourth-order valence-corrected chi connectivity index (χ4v) is 2.58. The van der Waals surface area contributed by atoms with Crippen LogP contribution < -0.4 is 5.32 Å². The molecule has 0 aliphatic heterocycles. The average molecular weight is 324 g/mol. The van der Waals surface area contributed by atoms with Crippen LogP contribution in [0.1, 0.15) is 48.2 Å². The smallest absolute Gasteiger partial charge is 0.274 e. The van der Waals surface area contributed by atoms with E-state index in [2.05, 4.69) is 36.3 Å². The van der Waals surface area contributed by atoms with Gasteiger partial charge in [0.15, 0.2) is 11.5 Å². The number of benzene rings is 1. The Morgan fingerprint density at radius 3 is 2.83 bits per heavy atom. The van der Waals surface area contributed by atoms with Gasteiger partial charge < -0.3 is 5.32 Å². The molecule has 0 radical (unpaired) electrons. The zero-order valence-corrected chi connectivity index (χ0v) is 13.0. The number of nitrogens with one attached hydrogen (secondary N) is 2. The lowest BCUT2D eigenvalue weighted by atomic mass is 10.1. The van der Waals surface area contributed by atoms with Crippen molar-refractivity contribution in [3.05, 3.63) is 41.9 Å². The normalized spacial score (nSPS) is 15.2. The van der Waals surface area contributed by atoms with Crippen LogP contribution in [0.15, 0.2) is 30.3 Å². The lowest BCUT2D eigenvalue weighted by molar-refractivity contribution is 0.0933. The van der Waals surface area contributed by atoms with Crippen LogP contribution in [-0.4, -0.2) is 41.5 Å². The molecule has 1 fully saturated rings. The third-order valence-electron chi connectivity index (χ3n) is 3.96. The van der Waals surface area contributed by atoms with E-state index >= 15 is 0 Å².